The molecule has 2 heterocycles. The van der Waals surface area contributed by atoms with E-state index in [0.717, 1.165) is 36.3 Å². The van der Waals surface area contributed by atoms with E-state index in [-0.39, 0.29) is 17.6 Å². The summed E-state index contributed by atoms with van der Waals surface area (Å²) in [6.07, 6.45) is 3.64. The zero-order valence-corrected chi connectivity index (χ0v) is 17.2. The molecule has 0 spiro atoms. The van der Waals surface area contributed by atoms with E-state index in [1.165, 1.54) is 17.7 Å². The van der Waals surface area contributed by atoms with Crippen LogP contribution in [0.2, 0.25) is 0 Å². The molecule has 3 aromatic rings. The van der Waals surface area contributed by atoms with Gasteiger partial charge in [-0.05, 0) is 36.1 Å². The van der Waals surface area contributed by atoms with E-state index >= 15 is 0 Å². The normalized spacial score (nSPS) is 16.3. The van der Waals surface area contributed by atoms with E-state index in [2.05, 4.69) is 39.6 Å². The number of aryl methyl sites for hydroxylation is 1. The Hall–Kier alpha value is -2.99. The van der Waals surface area contributed by atoms with E-state index in [1.54, 1.807) is 16.8 Å². The lowest BCUT2D eigenvalue weighted by Crippen LogP contribution is -2.42. The number of nitrogens with one attached hydrogen (secondary N) is 1. The zero-order chi connectivity index (χ0) is 20.9. The van der Waals surface area contributed by atoms with Crippen molar-refractivity contribution in [3.05, 3.63) is 89.0 Å². The summed E-state index contributed by atoms with van der Waals surface area (Å²) in [5.74, 6) is -0.524. The van der Waals surface area contributed by atoms with E-state index in [0.29, 0.717) is 19.5 Å². The molecule has 0 saturated heterocycles. The van der Waals surface area contributed by atoms with Gasteiger partial charge in [-0.2, -0.15) is 5.10 Å². The molecule has 0 radical (unpaired) electrons. The van der Waals surface area contributed by atoms with Crippen LogP contribution in [0.4, 0.5) is 4.39 Å². The van der Waals surface area contributed by atoms with Crippen LogP contribution in [0.5, 0.6) is 0 Å². The van der Waals surface area contributed by atoms with Gasteiger partial charge in [0, 0.05) is 45.0 Å². The third-order valence-electron chi connectivity index (χ3n) is 5.60. The molecule has 2 aromatic carbocycles. The van der Waals surface area contributed by atoms with Crippen molar-refractivity contribution in [2.75, 3.05) is 19.6 Å². The molecule has 1 aromatic heterocycles. The Morgan fingerprint density at radius 1 is 1.10 bits per heavy atom. The lowest BCUT2D eigenvalue weighted by atomic mass is 9.95. The molecule has 0 saturated carbocycles. The second kappa shape index (κ2) is 9.22. The monoisotopic (exact) mass is 406 g/mol. The summed E-state index contributed by atoms with van der Waals surface area (Å²) >= 11 is 0. The molecule has 1 amide bonds. The second-order valence-corrected chi connectivity index (χ2v) is 7.90. The number of amides is 1. The second-order valence-electron chi connectivity index (χ2n) is 7.90. The van der Waals surface area contributed by atoms with Gasteiger partial charge in [0.05, 0.1) is 11.6 Å². The van der Waals surface area contributed by atoms with Crippen LogP contribution in [-0.4, -0.2) is 40.2 Å². The van der Waals surface area contributed by atoms with Gasteiger partial charge in [-0.15, -0.1) is 0 Å². The smallest absolute Gasteiger partial charge is 0.230 e. The van der Waals surface area contributed by atoms with Gasteiger partial charge in [0.25, 0.3) is 0 Å². The maximum absolute atomic E-state index is 13.0. The number of hydrogen-bond acceptors (Lipinski definition) is 3. The Morgan fingerprint density at radius 2 is 1.83 bits per heavy atom. The van der Waals surface area contributed by atoms with Gasteiger partial charge in [0.2, 0.25) is 5.91 Å². The van der Waals surface area contributed by atoms with Gasteiger partial charge in [0.1, 0.15) is 5.82 Å². The first-order valence-corrected chi connectivity index (χ1v) is 10.4. The van der Waals surface area contributed by atoms with Crippen LogP contribution in [0.1, 0.15) is 28.3 Å². The average molecular weight is 407 g/mol. The van der Waals surface area contributed by atoms with Gasteiger partial charge < -0.3 is 5.32 Å². The minimum atomic E-state index is -0.279. The van der Waals surface area contributed by atoms with Crippen molar-refractivity contribution in [2.24, 2.45) is 7.05 Å². The zero-order valence-electron chi connectivity index (χ0n) is 17.2. The first-order chi connectivity index (χ1) is 14.6. The third-order valence-corrected chi connectivity index (χ3v) is 5.60. The van der Waals surface area contributed by atoms with E-state index in [1.807, 2.05) is 19.3 Å². The molecule has 30 heavy (non-hydrogen) atoms. The quantitative estimate of drug-likeness (QED) is 0.656. The van der Waals surface area contributed by atoms with Crippen molar-refractivity contribution in [1.29, 1.82) is 0 Å². The summed E-state index contributed by atoms with van der Waals surface area (Å²) in [5.41, 5.74) is 4.31. The van der Waals surface area contributed by atoms with E-state index in [9.17, 15) is 9.18 Å². The number of hydrogen-bond donors (Lipinski definition) is 1. The fourth-order valence-electron chi connectivity index (χ4n) is 4.03. The van der Waals surface area contributed by atoms with Crippen LogP contribution in [0, 0.1) is 5.82 Å². The Morgan fingerprint density at radius 3 is 2.60 bits per heavy atom. The molecule has 1 aliphatic rings. The Kier molecular flexibility index (Phi) is 6.23. The highest BCUT2D eigenvalue weighted by Gasteiger charge is 2.32. The van der Waals surface area contributed by atoms with Gasteiger partial charge in [-0.3, -0.25) is 14.4 Å². The Balaban J connectivity index is 1.38. The number of halogens is 1. The van der Waals surface area contributed by atoms with Crippen molar-refractivity contribution >= 4 is 5.91 Å². The highest BCUT2D eigenvalue weighted by molar-refractivity contribution is 5.84. The minimum absolute atomic E-state index is 0.00136. The summed E-state index contributed by atoms with van der Waals surface area (Å²) < 4.78 is 14.8. The van der Waals surface area contributed by atoms with Gasteiger partial charge in [-0.25, -0.2) is 4.39 Å². The van der Waals surface area contributed by atoms with Gasteiger partial charge in [-0.1, -0.05) is 42.5 Å². The molecule has 6 heteroatoms. The molecule has 0 fully saturated rings. The van der Waals surface area contributed by atoms with Crippen LogP contribution < -0.4 is 5.32 Å². The number of carbonyl (C=O) groups is 1. The molecule has 1 N–H and O–H groups in total. The fraction of sp³-hybridized carbons (Fsp3) is 0.333. The highest BCUT2D eigenvalue weighted by atomic mass is 19.1. The topological polar surface area (TPSA) is 50.2 Å². The number of rotatable bonds is 7. The molecule has 4 rings (SSSR count). The number of nitrogens with zero attached hydrogens (tertiary/aromatic N) is 3. The van der Waals surface area contributed by atoms with Gasteiger partial charge in [0.15, 0.2) is 0 Å². The first kappa shape index (κ1) is 20.3. The summed E-state index contributed by atoms with van der Waals surface area (Å²) in [5, 5.41) is 7.62. The van der Waals surface area contributed by atoms with Crippen LogP contribution in [0.15, 0.2) is 60.8 Å². The molecule has 0 aliphatic carbocycles. The highest BCUT2D eigenvalue weighted by Crippen LogP contribution is 2.27. The fourth-order valence-corrected chi connectivity index (χ4v) is 4.03. The maximum Gasteiger partial charge on any atom is 0.230 e. The standard InChI is InChI=1S/C24H27FN4O/c1-28-15-20-16-29(14-12-18-5-3-2-4-6-18)17-22(23(20)27-28)24(30)26-13-11-19-7-9-21(25)10-8-19/h2-10,15,22H,11-14,16-17H2,1H3,(H,26,30)/t22-/m1/s1. The van der Waals surface area contributed by atoms with Crippen molar-refractivity contribution in [3.8, 4) is 0 Å². The molecule has 1 aliphatic heterocycles. The van der Waals surface area contributed by atoms with E-state index in [4.69, 9.17) is 0 Å². The van der Waals surface area contributed by atoms with Gasteiger partial charge >= 0.3 is 0 Å². The summed E-state index contributed by atoms with van der Waals surface area (Å²) in [4.78, 5) is 15.3. The summed E-state index contributed by atoms with van der Waals surface area (Å²) in [7, 11) is 1.90. The van der Waals surface area contributed by atoms with Crippen LogP contribution in [0.25, 0.3) is 0 Å². The lowest BCUT2D eigenvalue weighted by molar-refractivity contribution is -0.123. The van der Waals surface area contributed by atoms with Crippen molar-refractivity contribution in [3.63, 3.8) is 0 Å². The number of benzene rings is 2. The lowest BCUT2D eigenvalue weighted by Gasteiger charge is -2.31. The predicted molar refractivity (Wildman–Crippen MR) is 114 cm³/mol. The number of carbonyl (C=O) groups excluding carboxylic acids is 1. The van der Waals surface area contributed by atoms with E-state index < -0.39 is 0 Å². The minimum Gasteiger partial charge on any atom is -0.355 e. The number of aromatic nitrogens is 2. The summed E-state index contributed by atoms with van der Waals surface area (Å²) in [6.45, 7) is 2.90. The average Bonchev–Trinajstić information content (AvgIpc) is 3.13. The summed E-state index contributed by atoms with van der Waals surface area (Å²) in [6, 6.07) is 16.8. The number of fused-ring (bicyclic) bond motifs is 1. The molecule has 156 valence electrons. The third kappa shape index (κ3) is 4.94. The predicted octanol–water partition coefficient (Wildman–Crippen LogP) is 3.06. The van der Waals surface area contributed by atoms with Crippen molar-refractivity contribution in [2.45, 2.75) is 25.3 Å². The SMILES string of the molecule is Cn1cc2c(n1)[C@H](C(=O)NCCc1ccc(F)cc1)CN(CCc1ccccc1)C2. The van der Waals surface area contributed by atoms with Crippen molar-refractivity contribution < 1.29 is 9.18 Å². The molecule has 5 nitrogen and oxygen atoms in total. The molecule has 1 atom stereocenters. The first-order valence-electron chi connectivity index (χ1n) is 10.4. The van der Waals surface area contributed by atoms with Crippen LogP contribution in [0.3, 0.4) is 0 Å². The largest absolute Gasteiger partial charge is 0.355 e. The molecular formula is C24H27FN4O. The van der Waals surface area contributed by atoms with Crippen LogP contribution in [-0.2, 0) is 31.2 Å². The maximum atomic E-state index is 13.0. The Labute approximate surface area is 176 Å². The molecule has 0 bridgehead atoms. The van der Waals surface area contributed by atoms with Crippen LogP contribution >= 0.6 is 0 Å². The van der Waals surface area contributed by atoms with Crippen molar-refractivity contribution in [1.82, 2.24) is 20.0 Å². The molecule has 0 unspecified atom stereocenters. The molecular weight excluding hydrogens is 379 g/mol. The Bertz CT molecular complexity index is 984.